The molecule has 0 aliphatic rings. The van der Waals surface area contributed by atoms with Crippen LogP contribution in [0.15, 0.2) is 90.0 Å². The molecular weight excluding hydrogens is 428 g/mol. The zero-order valence-corrected chi connectivity index (χ0v) is 18.8. The predicted octanol–water partition coefficient (Wildman–Crippen LogP) is 3.48. The normalized spacial score (nSPS) is 11.1. The van der Waals surface area contributed by atoms with Gasteiger partial charge in [0, 0.05) is 31.0 Å². The summed E-state index contributed by atoms with van der Waals surface area (Å²) < 4.78 is 4.66. The number of carbonyl (C=O) groups is 1. The van der Waals surface area contributed by atoms with Crippen molar-refractivity contribution in [2.75, 3.05) is 6.54 Å². The van der Waals surface area contributed by atoms with Crippen LogP contribution in [-0.2, 0) is 6.54 Å². The van der Waals surface area contributed by atoms with E-state index in [1.807, 2.05) is 67.6 Å². The van der Waals surface area contributed by atoms with Gasteiger partial charge in [0.05, 0.1) is 11.3 Å². The van der Waals surface area contributed by atoms with Gasteiger partial charge >= 0.3 is 5.69 Å². The molecule has 5 aromatic rings. The predicted molar refractivity (Wildman–Crippen MR) is 130 cm³/mol. The Kier molecular flexibility index (Phi) is 5.78. The average Bonchev–Trinajstić information content (AvgIpc) is 3.45. The molecule has 0 radical (unpaired) electrons. The van der Waals surface area contributed by atoms with Crippen LogP contribution in [0, 0.1) is 6.92 Å². The average molecular weight is 453 g/mol. The zero-order chi connectivity index (χ0) is 23.5. The van der Waals surface area contributed by atoms with Gasteiger partial charge in [-0.05, 0) is 37.6 Å². The minimum Gasteiger partial charge on any atom is -0.352 e. The number of amides is 1. The maximum absolute atomic E-state index is 13.1. The summed E-state index contributed by atoms with van der Waals surface area (Å²) in [5.41, 5.74) is 4.44. The Bertz CT molecular complexity index is 1500. The molecule has 0 unspecified atom stereocenters. The molecule has 0 fully saturated rings. The lowest BCUT2D eigenvalue weighted by atomic mass is 10.1. The third-order valence-corrected chi connectivity index (χ3v) is 5.63. The highest BCUT2D eigenvalue weighted by Crippen LogP contribution is 2.23. The molecule has 170 valence electrons. The van der Waals surface area contributed by atoms with Crippen LogP contribution in [-0.4, -0.2) is 36.4 Å². The fourth-order valence-corrected chi connectivity index (χ4v) is 3.82. The fraction of sp³-hybridized carbons (Fsp3) is 0.154. The van der Waals surface area contributed by atoms with Gasteiger partial charge < -0.3 is 5.32 Å². The molecule has 8 heteroatoms. The van der Waals surface area contributed by atoms with Gasteiger partial charge in [-0.15, -0.1) is 5.10 Å². The Morgan fingerprint density at radius 1 is 0.941 bits per heavy atom. The smallest absolute Gasteiger partial charge is 0.350 e. The van der Waals surface area contributed by atoms with Gasteiger partial charge in [0.1, 0.15) is 5.69 Å². The molecule has 0 bridgehead atoms. The molecule has 3 aromatic heterocycles. The van der Waals surface area contributed by atoms with E-state index in [-0.39, 0.29) is 11.6 Å². The van der Waals surface area contributed by atoms with E-state index < -0.39 is 0 Å². The van der Waals surface area contributed by atoms with Crippen molar-refractivity contribution < 1.29 is 4.79 Å². The second-order valence-electron chi connectivity index (χ2n) is 8.08. The summed E-state index contributed by atoms with van der Waals surface area (Å²) in [5, 5.41) is 12.0. The molecule has 1 amide bonds. The van der Waals surface area contributed by atoms with Crippen molar-refractivity contribution in [2.45, 2.75) is 19.9 Å². The number of aromatic nitrogens is 5. The second kappa shape index (κ2) is 9.19. The number of fused-ring (bicyclic) bond motifs is 1. The van der Waals surface area contributed by atoms with Crippen LogP contribution in [0.25, 0.3) is 22.6 Å². The van der Waals surface area contributed by atoms with Gasteiger partial charge in [0.2, 0.25) is 0 Å². The Balaban J connectivity index is 1.32. The summed E-state index contributed by atoms with van der Waals surface area (Å²) in [4.78, 5) is 25.5. The van der Waals surface area contributed by atoms with Crippen molar-refractivity contribution in [3.8, 4) is 16.9 Å². The molecule has 0 spiro atoms. The first-order chi connectivity index (χ1) is 16.6. The van der Waals surface area contributed by atoms with Crippen LogP contribution in [0.4, 0.5) is 0 Å². The first-order valence-corrected chi connectivity index (χ1v) is 11.1. The third kappa shape index (κ3) is 4.25. The largest absolute Gasteiger partial charge is 0.352 e. The van der Waals surface area contributed by atoms with E-state index in [1.165, 1.54) is 9.08 Å². The van der Waals surface area contributed by atoms with E-state index in [0.717, 1.165) is 16.8 Å². The van der Waals surface area contributed by atoms with Crippen LogP contribution in [0.3, 0.4) is 0 Å². The Morgan fingerprint density at radius 3 is 2.47 bits per heavy atom. The summed E-state index contributed by atoms with van der Waals surface area (Å²) >= 11 is 0. The lowest BCUT2D eigenvalue weighted by Gasteiger charge is -2.05. The molecule has 2 aromatic carbocycles. The first-order valence-electron chi connectivity index (χ1n) is 11.1. The molecule has 8 nitrogen and oxygen atoms in total. The summed E-state index contributed by atoms with van der Waals surface area (Å²) in [7, 11) is 0. The van der Waals surface area contributed by atoms with E-state index in [2.05, 4.69) is 10.4 Å². The molecular formula is C26H24N6O2. The molecule has 1 N–H and O–H groups in total. The van der Waals surface area contributed by atoms with Gasteiger partial charge in [-0.1, -0.05) is 54.1 Å². The second-order valence-corrected chi connectivity index (χ2v) is 8.08. The maximum atomic E-state index is 13.1. The summed E-state index contributed by atoms with van der Waals surface area (Å²) in [6, 6.07) is 23.1. The van der Waals surface area contributed by atoms with Gasteiger partial charge in [-0.2, -0.15) is 5.10 Å². The van der Waals surface area contributed by atoms with Crippen molar-refractivity contribution in [3.63, 3.8) is 0 Å². The number of hydrogen-bond donors (Lipinski definition) is 1. The SMILES string of the molecule is Cc1ccc(-n2cc(C(=O)NCCCn3nc4ccccn4c3=O)c(-c3ccccc3)n2)cc1. The molecule has 0 aliphatic heterocycles. The van der Waals surface area contributed by atoms with Crippen LogP contribution in [0.5, 0.6) is 0 Å². The van der Waals surface area contributed by atoms with Gasteiger partial charge in [-0.3, -0.25) is 9.20 Å². The molecule has 0 saturated carbocycles. The topological polar surface area (TPSA) is 86.2 Å². The standard InChI is InChI=1S/C26H24N6O2/c1-19-11-13-21(14-12-19)32-18-22(24(29-32)20-8-3-2-4-9-20)25(33)27-15-7-17-31-26(34)30-16-6-5-10-23(30)28-31/h2-6,8-14,16,18H,7,15,17H2,1H3,(H,27,33). The summed E-state index contributed by atoms with van der Waals surface area (Å²) in [5.74, 6) is -0.209. The Hall–Kier alpha value is -4.46. The van der Waals surface area contributed by atoms with Gasteiger partial charge in [-0.25, -0.2) is 14.2 Å². The molecule has 34 heavy (non-hydrogen) atoms. The first kappa shape index (κ1) is 21.4. The molecule has 0 atom stereocenters. The number of nitrogens with zero attached hydrogens (tertiary/aromatic N) is 5. The lowest BCUT2D eigenvalue weighted by Crippen LogP contribution is -2.27. The highest BCUT2D eigenvalue weighted by molar-refractivity contribution is 5.99. The van der Waals surface area contributed by atoms with Crippen molar-refractivity contribution in [1.82, 2.24) is 29.3 Å². The van der Waals surface area contributed by atoms with E-state index in [4.69, 9.17) is 5.10 Å². The van der Waals surface area contributed by atoms with Crippen molar-refractivity contribution >= 4 is 11.6 Å². The quantitative estimate of drug-likeness (QED) is 0.383. The molecule has 0 aliphatic carbocycles. The van der Waals surface area contributed by atoms with Crippen LogP contribution in [0.1, 0.15) is 22.3 Å². The van der Waals surface area contributed by atoms with E-state index in [1.54, 1.807) is 29.2 Å². The van der Waals surface area contributed by atoms with E-state index >= 15 is 0 Å². The number of hydrogen-bond acceptors (Lipinski definition) is 4. The minimum absolute atomic E-state index is 0.187. The van der Waals surface area contributed by atoms with Crippen molar-refractivity contribution in [2.24, 2.45) is 0 Å². The maximum Gasteiger partial charge on any atom is 0.350 e. The summed E-state index contributed by atoms with van der Waals surface area (Å²) in [6.07, 6.45) is 4.02. The summed E-state index contributed by atoms with van der Waals surface area (Å²) in [6.45, 7) is 2.85. The monoisotopic (exact) mass is 452 g/mol. The van der Waals surface area contributed by atoms with Gasteiger partial charge in [0.15, 0.2) is 5.65 Å². The third-order valence-electron chi connectivity index (χ3n) is 5.63. The Morgan fingerprint density at radius 2 is 1.71 bits per heavy atom. The lowest BCUT2D eigenvalue weighted by molar-refractivity contribution is 0.0953. The van der Waals surface area contributed by atoms with E-state index in [9.17, 15) is 9.59 Å². The number of nitrogens with one attached hydrogen (secondary N) is 1. The zero-order valence-electron chi connectivity index (χ0n) is 18.8. The highest BCUT2D eigenvalue weighted by atomic mass is 16.2. The number of aryl methyl sites for hydroxylation is 2. The minimum atomic E-state index is -0.209. The number of rotatable bonds is 7. The number of carbonyl (C=O) groups excluding carboxylic acids is 1. The van der Waals surface area contributed by atoms with Crippen LogP contribution in [0.2, 0.25) is 0 Å². The van der Waals surface area contributed by atoms with Crippen molar-refractivity contribution in [1.29, 1.82) is 0 Å². The van der Waals surface area contributed by atoms with Crippen LogP contribution < -0.4 is 11.0 Å². The highest BCUT2D eigenvalue weighted by Gasteiger charge is 2.18. The van der Waals surface area contributed by atoms with E-state index in [0.29, 0.717) is 36.4 Å². The van der Waals surface area contributed by atoms with Crippen LogP contribution >= 0.6 is 0 Å². The van der Waals surface area contributed by atoms with Gasteiger partial charge in [0.25, 0.3) is 5.91 Å². The van der Waals surface area contributed by atoms with Crippen molar-refractivity contribution in [3.05, 3.63) is 107 Å². The molecule has 3 heterocycles. The number of pyridine rings is 1. The molecule has 5 rings (SSSR count). The fourth-order valence-electron chi connectivity index (χ4n) is 3.82. The Labute approximate surface area is 196 Å². The molecule has 0 saturated heterocycles. The number of benzene rings is 2.